The van der Waals surface area contributed by atoms with Crippen LogP contribution < -0.4 is 4.90 Å². The normalized spacial score (nSPS) is 20.9. The van der Waals surface area contributed by atoms with Gasteiger partial charge in [-0.3, -0.25) is 0 Å². The molecule has 0 bridgehead atoms. The molecule has 3 heterocycles. The molecule has 0 saturated heterocycles. The van der Waals surface area contributed by atoms with Crippen molar-refractivity contribution in [3.63, 3.8) is 0 Å². The van der Waals surface area contributed by atoms with Crippen molar-refractivity contribution >= 4 is 22.4 Å². The van der Waals surface area contributed by atoms with Crippen LogP contribution in [0.2, 0.25) is 0 Å². The monoisotopic (exact) mass is 606 g/mol. The highest BCUT2D eigenvalue weighted by Crippen LogP contribution is 2.50. The maximum absolute atomic E-state index is 5.37. The maximum Gasteiger partial charge on any atom is 0.161 e. The number of hydrogen-bond donors (Lipinski definition) is 0. The van der Waals surface area contributed by atoms with Crippen LogP contribution in [0, 0.1) is 5.92 Å². The van der Waals surface area contributed by atoms with Crippen molar-refractivity contribution in [3.05, 3.63) is 175 Å². The summed E-state index contributed by atoms with van der Waals surface area (Å²) in [5.41, 5.74) is 9.33. The minimum Gasteiger partial charge on any atom is -0.316 e. The Hall–Kier alpha value is -5.74. The standard InChI is InChI=1S/C43H34N4/c1-29-16-8-9-21-32(29)35-28-40(45-43(44-35)31-19-6-3-7-20-31)46-37-25-13-11-23-34(37)42-41(30-17-4-2-5-18-30)33-22-10-12-24-36(33)47(42)39-27-15-14-26-38(39)46/h2-29,32,34,37H,1H3. The van der Waals surface area contributed by atoms with Crippen LogP contribution in [0.25, 0.3) is 39.1 Å². The molecule has 47 heavy (non-hydrogen) atoms. The summed E-state index contributed by atoms with van der Waals surface area (Å²) in [4.78, 5) is 13.1. The average Bonchev–Trinajstić information content (AvgIpc) is 3.41. The van der Waals surface area contributed by atoms with E-state index in [1.807, 2.05) is 6.07 Å². The highest BCUT2D eigenvalue weighted by Gasteiger charge is 2.39. The molecule has 9 rings (SSSR count). The van der Waals surface area contributed by atoms with Crippen LogP contribution in [0.4, 0.5) is 11.5 Å². The second kappa shape index (κ2) is 11.3. The van der Waals surface area contributed by atoms with Crippen molar-refractivity contribution in [2.75, 3.05) is 4.90 Å². The van der Waals surface area contributed by atoms with Gasteiger partial charge in [0, 0.05) is 40.1 Å². The number of rotatable bonds is 4. The molecule has 4 atom stereocenters. The van der Waals surface area contributed by atoms with Crippen molar-refractivity contribution in [1.29, 1.82) is 0 Å². The lowest BCUT2D eigenvalue weighted by atomic mass is 9.86. The lowest BCUT2D eigenvalue weighted by Gasteiger charge is -2.35. The fourth-order valence-electron chi connectivity index (χ4n) is 7.68. The van der Waals surface area contributed by atoms with E-state index >= 15 is 0 Å². The van der Waals surface area contributed by atoms with Crippen molar-refractivity contribution in [2.45, 2.75) is 24.8 Å². The molecule has 0 amide bonds. The first-order chi connectivity index (χ1) is 23.3. The van der Waals surface area contributed by atoms with E-state index in [1.54, 1.807) is 0 Å². The smallest absolute Gasteiger partial charge is 0.161 e. The molecule has 0 fully saturated rings. The molecule has 0 spiro atoms. The Morgan fingerprint density at radius 1 is 0.574 bits per heavy atom. The molecule has 4 nitrogen and oxygen atoms in total. The van der Waals surface area contributed by atoms with Gasteiger partial charge in [-0.25, -0.2) is 9.97 Å². The second-order valence-electron chi connectivity index (χ2n) is 12.6. The van der Waals surface area contributed by atoms with Crippen LogP contribution in [-0.2, 0) is 0 Å². The van der Waals surface area contributed by atoms with Gasteiger partial charge in [-0.2, -0.15) is 0 Å². The molecule has 226 valence electrons. The van der Waals surface area contributed by atoms with Gasteiger partial charge in [0.05, 0.1) is 28.6 Å². The highest BCUT2D eigenvalue weighted by molar-refractivity contribution is 6.01. The fourth-order valence-corrected chi connectivity index (χ4v) is 7.68. The molecule has 4 aromatic carbocycles. The molecule has 3 aliphatic rings. The predicted octanol–water partition coefficient (Wildman–Crippen LogP) is 10.3. The quantitative estimate of drug-likeness (QED) is 0.200. The Balaban J connectivity index is 1.34. The van der Waals surface area contributed by atoms with Crippen molar-refractivity contribution < 1.29 is 0 Å². The minimum absolute atomic E-state index is 0.0141. The summed E-state index contributed by atoms with van der Waals surface area (Å²) in [6.45, 7) is 2.27. The SMILES string of the molecule is CC1C=CC=CC1c1cc(N2c3ccccc3-n3c(c(-c4ccccc4)c4ccccc43)C3C=CC=CC32)nc(-c2ccccc2)n1. The third-order valence-electron chi connectivity index (χ3n) is 9.84. The van der Waals surface area contributed by atoms with Gasteiger partial charge in [0.1, 0.15) is 5.82 Å². The average molecular weight is 607 g/mol. The number of para-hydroxylation sites is 3. The zero-order valence-corrected chi connectivity index (χ0v) is 26.2. The van der Waals surface area contributed by atoms with E-state index in [-0.39, 0.29) is 17.9 Å². The van der Waals surface area contributed by atoms with Crippen LogP contribution in [0.1, 0.15) is 30.1 Å². The summed E-state index contributed by atoms with van der Waals surface area (Å²) in [6.07, 6.45) is 17.9. The van der Waals surface area contributed by atoms with Gasteiger partial charge in [-0.1, -0.05) is 147 Å². The molecule has 0 N–H and O–H groups in total. The molecule has 4 unspecified atom stereocenters. The number of anilines is 2. The summed E-state index contributed by atoms with van der Waals surface area (Å²) in [5, 5.41) is 1.26. The van der Waals surface area contributed by atoms with E-state index in [1.165, 1.54) is 27.7 Å². The Morgan fingerprint density at radius 2 is 1.21 bits per heavy atom. The lowest BCUT2D eigenvalue weighted by molar-refractivity contribution is 0.617. The Kier molecular flexibility index (Phi) is 6.60. The summed E-state index contributed by atoms with van der Waals surface area (Å²) in [6, 6.07) is 41.1. The molecule has 1 aliphatic heterocycles. The van der Waals surface area contributed by atoms with Crippen molar-refractivity contribution in [1.82, 2.24) is 14.5 Å². The Morgan fingerprint density at radius 3 is 2.00 bits per heavy atom. The number of allylic oxidation sites excluding steroid dienone is 6. The zero-order chi connectivity index (χ0) is 31.3. The molecule has 4 heteroatoms. The van der Waals surface area contributed by atoms with E-state index in [4.69, 9.17) is 9.97 Å². The van der Waals surface area contributed by atoms with Gasteiger partial charge < -0.3 is 9.47 Å². The van der Waals surface area contributed by atoms with Crippen molar-refractivity contribution in [3.8, 4) is 28.2 Å². The number of benzene rings is 4. The summed E-state index contributed by atoms with van der Waals surface area (Å²) in [7, 11) is 0. The molecule has 2 aliphatic carbocycles. The predicted molar refractivity (Wildman–Crippen MR) is 193 cm³/mol. The van der Waals surface area contributed by atoms with E-state index < -0.39 is 0 Å². The fraction of sp³-hybridized carbons (Fsp3) is 0.116. The molecule has 0 radical (unpaired) electrons. The molecule has 2 aromatic heterocycles. The third-order valence-corrected chi connectivity index (χ3v) is 9.84. The highest BCUT2D eigenvalue weighted by atomic mass is 15.3. The topological polar surface area (TPSA) is 34.0 Å². The van der Waals surface area contributed by atoms with E-state index in [0.29, 0.717) is 5.92 Å². The summed E-state index contributed by atoms with van der Waals surface area (Å²) >= 11 is 0. The zero-order valence-electron chi connectivity index (χ0n) is 26.2. The van der Waals surface area contributed by atoms with Gasteiger partial charge in [0.15, 0.2) is 5.82 Å². The first-order valence-corrected chi connectivity index (χ1v) is 16.5. The van der Waals surface area contributed by atoms with Gasteiger partial charge in [0.25, 0.3) is 0 Å². The number of aromatic nitrogens is 3. The number of fused-ring (bicyclic) bond motifs is 7. The van der Waals surface area contributed by atoms with Gasteiger partial charge in [-0.05, 0) is 29.7 Å². The first kappa shape index (κ1) is 27.6. The van der Waals surface area contributed by atoms with Crippen molar-refractivity contribution in [2.24, 2.45) is 5.92 Å². The van der Waals surface area contributed by atoms with E-state index in [2.05, 4.69) is 174 Å². The molecular weight excluding hydrogens is 573 g/mol. The van der Waals surface area contributed by atoms with E-state index in [9.17, 15) is 0 Å². The minimum atomic E-state index is -0.0141. The molecule has 6 aromatic rings. The third kappa shape index (κ3) is 4.51. The molecular formula is C43H34N4. The Bertz CT molecular complexity index is 2240. The second-order valence-corrected chi connectivity index (χ2v) is 12.6. The van der Waals surface area contributed by atoms with Crippen LogP contribution in [-0.4, -0.2) is 20.6 Å². The number of hydrogen-bond acceptors (Lipinski definition) is 3. The van der Waals surface area contributed by atoms with Crippen LogP contribution in [0.3, 0.4) is 0 Å². The number of nitrogens with zero attached hydrogens (tertiary/aromatic N) is 4. The summed E-state index contributed by atoms with van der Waals surface area (Å²) in [5.74, 6) is 2.20. The summed E-state index contributed by atoms with van der Waals surface area (Å²) < 4.78 is 2.51. The van der Waals surface area contributed by atoms with Crippen LogP contribution >= 0.6 is 0 Å². The Labute approximate surface area is 275 Å². The van der Waals surface area contributed by atoms with Gasteiger partial charge in [-0.15, -0.1) is 0 Å². The largest absolute Gasteiger partial charge is 0.316 e. The maximum atomic E-state index is 5.37. The first-order valence-electron chi connectivity index (χ1n) is 16.5. The van der Waals surface area contributed by atoms with Crippen LogP contribution in [0.5, 0.6) is 0 Å². The van der Waals surface area contributed by atoms with Crippen LogP contribution in [0.15, 0.2) is 164 Å². The van der Waals surface area contributed by atoms with Gasteiger partial charge in [0.2, 0.25) is 0 Å². The van der Waals surface area contributed by atoms with Gasteiger partial charge >= 0.3 is 0 Å². The lowest BCUT2D eigenvalue weighted by Crippen LogP contribution is -2.35. The molecule has 0 saturated carbocycles. The van der Waals surface area contributed by atoms with E-state index in [0.717, 1.165) is 34.3 Å².